The minimum absolute atomic E-state index is 0.222. The van der Waals surface area contributed by atoms with Gasteiger partial charge in [-0.3, -0.25) is 14.6 Å². The predicted molar refractivity (Wildman–Crippen MR) is 76.7 cm³/mol. The van der Waals surface area contributed by atoms with Gasteiger partial charge in [0.2, 0.25) is 0 Å². The molecule has 0 spiro atoms. The Morgan fingerprint density at radius 3 is 2.21 bits per heavy atom. The van der Waals surface area contributed by atoms with Crippen molar-refractivity contribution in [2.75, 3.05) is 13.7 Å². The molecule has 0 radical (unpaired) electrons. The highest BCUT2D eigenvalue weighted by molar-refractivity contribution is 5.85. The Labute approximate surface area is 116 Å². The van der Waals surface area contributed by atoms with Gasteiger partial charge in [-0.2, -0.15) is 0 Å². The first-order valence-corrected chi connectivity index (χ1v) is 6.85. The van der Waals surface area contributed by atoms with E-state index in [9.17, 15) is 9.59 Å². The Kier molecular flexibility index (Phi) is 17.4. The van der Waals surface area contributed by atoms with Crippen molar-refractivity contribution in [1.29, 1.82) is 0 Å². The molecule has 0 fully saturated rings. The van der Waals surface area contributed by atoms with Crippen LogP contribution in [0.5, 0.6) is 0 Å². The van der Waals surface area contributed by atoms with Gasteiger partial charge >= 0.3 is 11.9 Å². The van der Waals surface area contributed by atoms with Gasteiger partial charge in [0, 0.05) is 19.2 Å². The minimum atomic E-state index is -0.745. The molecule has 0 atom stereocenters. The summed E-state index contributed by atoms with van der Waals surface area (Å²) in [6.45, 7) is 4.64. The number of carbonyl (C=O) groups excluding carboxylic acids is 1. The molecule has 0 unspecified atom stereocenters. The fraction of sp³-hybridized carbons (Fsp3) is 0.786. The zero-order valence-corrected chi connectivity index (χ0v) is 12.4. The van der Waals surface area contributed by atoms with Gasteiger partial charge in [0.1, 0.15) is 0 Å². The lowest BCUT2D eigenvalue weighted by Crippen LogP contribution is -2.00. The van der Waals surface area contributed by atoms with Crippen molar-refractivity contribution in [3.05, 3.63) is 0 Å². The van der Waals surface area contributed by atoms with Crippen molar-refractivity contribution in [2.45, 2.75) is 58.8 Å². The van der Waals surface area contributed by atoms with Crippen LogP contribution in [0.3, 0.4) is 0 Å². The van der Waals surface area contributed by atoms with Crippen LogP contribution in [0, 0.1) is 0 Å². The van der Waals surface area contributed by atoms with E-state index in [1.54, 1.807) is 13.1 Å². The summed E-state index contributed by atoms with van der Waals surface area (Å²) in [6.07, 6.45) is 8.40. The third-order valence-electron chi connectivity index (χ3n) is 2.31. The van der Waals surface area contributed by atoms with E-state index in [4.69, 9.17) is 5.11 Å². The second-order valence-electron chi connectivity index (χ2n) is 4.03. The summed E-state index contributed by atoms with van der Waals surface area (Å²) >= 11 is 0. The molecular formula is C14H27NO4. The van der Waals surface area contributed by atoms with Gasteiger partial charge in [0.25, 0.3) is 0 Å². The number of hydrogen-bond acceptors (Lipinski definition) is 4. The number of carboxylic acid groups (broad SMARTS) is 1. The van der Waals surface area contributed by atoms with Crippen LogP contribution in [-0.4, -0.2) is 36.9 Å². The first kappa shape index (κ1) is 19.9. The molecule has 1 N–H and O–H groups in total. The number of nitrogens with zero attached hydrogens (tertiary/aromatic N) is 1. The standard InChI is InChI=1S/C11H21NO2.C3H6O2/c1-3-4-5-6-7-9-12-10-8-11(13)14-2;1-2-3(4)5/h10H,3-9H2,1-2H3;2H2,1H3,(H,4,5). The van der Waals surface area contributed by atoms with Crippen LogP contribution in [-0.2, 0) is 14.3 Å². The van der Waals surface area contributed by atoms with Crippen LogP contribution in [0.2, 0.25) is 0 Å². The van der Waals surface area contributed by atoms with Crippen LogP contribution in [0.4, 0.5) is 0 Å². The van der Waals surface area contributed by atoms with Gasteiger partial charge < -0.3 is 9.84 Å². The zero-order valence-electron chi connectivity index (χ0n) is 12.4. The Balaban J connectivity index is 0. The average Bonchev–Trinajstić information content (AvgIpc) is 2.42. The number of hydrogen-bond donors (Lipinski definition) is 1. The highest BCUT2D eigenvalue weighted by Gasteiger charge is 1.93. The number of ether oxygens (including phenoxy) is 1. The molecule has 0 bridgehead atoms. The summed E-state index contributed by atoms with van der Waals surface area (Å²) < 4.78 is 4.48. The number of aliphatic carboxylic acids is 1. The first-order valence-electron chi connectivity index (χ1n) is 6.85. The van der Waals surface area contributed by atoms with E-state index in [0.717, 1.165) is 13.0 Å². The second kappa shape index (κ2) is 16.6. The molecule has 0 saturated heterocycles. The van der Waals surface area contributed by atoms with Gasteiger partial charge in [0.15, 0.2) is 0 Å². The summed E-state index contributed by atoms with van der Waals surface area (Å²) in [5.74, 6) is -0.968. The van der Waals surface area contributed by atoms with Gasteiger partial charge in [-0.05, 0) is 6.42 Å². The molecule has 0 saturated carbocycles. The summed E-state index contributed by atoms with van der Waals surface area (Å²) in [7, 11) is 1.39. The quantitative estimate of drug-likeness (QED) is 0.398. The normalized spacial score (nSPS) is 9.84. The van der Waals surface area contributed by atoms with E-state index >= 15 is 0 Å². The van der Waals surface area contributed by atoms with Crippen LogP contribution < -0.4 is 0 Å². The van der Waals surface area contributed by atoms with E-state index in [-0.39, 0.29) is 12.4 Å². The summed E-state index contributed by atoms with van der Waals surface area (Å²) in [5, 5.41) is 7.72. The van der Waals surface area contributed by atoms with Gasteiger partial charge in [-0.15, -0.1) is 0 Å². The number of carbonyl (C=O) groups is 2. The molecule has 0 aromatic heterocycles. The molecule has 112 valence electrons. The molecule has 0 heterocycles. The molecule has 0 aromatic carbocycles. The fourth-order valence-electron chi connectivity index (χ4n) is 1.12. The van der Waals surface area contributed by atoms with E-state index < -0.39 is 5.97 Å². The predicted octanol–water partition coefficient (Wildman–Crippen LogP) is 3.07. The average molecular weight is 273 g/mol. The zero-order chi connectivity index (χ0) is 14.9. The van der Waals surface area contributed by atoms with Crippen molar-refractivity contribution in [3.8, 4) is 0 Å². The smallest absolute Gasteiger partial charge is 0.310 e. The number of rotatable bonds is 9. The molecular weight excluding hydrogens is 246 g/mol. The van der Waals surface area contributed by atoms with E-state index in [0.29, 0.717) is 6.42 Å². The lowest BCUT2D eigenvalue weighted by molar-refractivity contribution is -0.139. The summed E-state index contributed by atoms with van der Waals surface area (Å²) in [6, 6.07) is 0. The van der Waals surface area contributed by atoms with Crippen molar-refractivity contribution >= 4 is 18.2 Å². The Hall–Kier alpha value is -1.39. The van der Waals surface area contributed by atoms with Gasteiger partial charge in [-0.1, -0.05) is 39.5 Å². The lowest BCUT2D eigenvalue weighted by atomic mass is 10.2. The van der Waals surface area contributed by atoms with E-state index in [1.807, 2.05) is 0 Å². The number of esters is 1. The monoisotopic (exact) mass is 273 g/mol. The number of methoxy groups -OCH3 is 1. The summed E-state index contributed by atoms with van der Waals surface area (Å²) in [5.41, 5.74) is 0. The molecule has 5 heteroatoms. The van der Waals surface area contributed by atoms with Crippen molar-refractivity contribution in [1.82, 2.24) is 0 Å². The van der Waals surface area contributed by atoms with Gasteiger partial charge in [0.05, 0.1) is 13.5 Å². The highest BCUT2D eigenvalue weighted by atomic mass is 16.5. The van der Waals surface area contributed by atoms with Crippen LogP contribution in [0.25, 0.3) is 0 Å². The lowest BCUT2D eigenvalue weighted by Gasteiger charge is -1.96. The van der Waals surface area contributed by atoms with Crippen molar-refractivity contribution in [2.24, 2.45) is 4.99 Å². The fourth-order valence-corrected chi connectivity index (χ4v) is 1.12. The first-order chi connectivity index (χ1) is 9.08. The number of aliphatic imine (C=N–C) groups is 1. The molecule has 0 aliphatic carbocycles. The highest BCUT2D eigenvalue weighted by Crippen LogP contribution is 2.01. The topological polar surface area (TPSA) is 76.0 Å². The Bertz CT molecular complexity index is 252. The minimum Gasteiger partial charge on any atom is -0.481 e. The molecule has 0 amide bonds. The van der Waals surface area contributed by atoms with Crippen LogP contribution in [0.15, 0.2) is 4.99 Å². The Morgan fingerprint density at radius 1 is 1.16 bits per heavy atom. The molecule has 0 aromatic rings. The largest absolute Gasteiger partial charge is 0.481 e. The molecule has 0 aliphatic heterocycles. The van der Waals surface area contributed by atoms with Crippen LogP contribution in [0.1, 0.15) is 58.8 Å². The second-order valence-corrected chi connectivity index (χ2v) is 4.03. The van der Waals surface area contributed by atoms with E-state index in [1.165, 1.54) is 32.8 Å². The SMILES string of the molecule is CCC(=O)O.CCCCCCCN=CCC(=O)OC. The molecule has 0 rings (SSSR count). The molecule has 19 heavy (non-hydrogen) atoms. The maximum absolute atomic E-state index is 10.7. The van der Waals surface area contributed by atoms with E-state index in [2.05, 4.69) is 16.7 Å². The van der Waals surface area contributed by atoms with Gasteiger partial charge in [-0.25, -0.2) is 0 Å². The Morgan fingerprint density at radius 2 is 1.74 bits per heavy atom. The molecule has 5 nitrogen and oxygen atoms in total. The maximum atomic E-state index is 10.7. The maximum Gasteiger partial charge on any atom is 0.310 e. The van der Waals surface area contributed by atoms with Crippen molar-refractivity contribution < 1.29 is 19.4 Å². The number of unbranched alkanes of at least 4 members (excludes halogenated alkanes) is 4. The summed E-state index contributed by atoms with van der Waals surface area (Å²) in [4.78, 5) is 24.2. The number of carboxylic acids is 1. The molecule has 0 aliphatic rings. The third-order valence-corrected chi connectivity index (χ3v) is 2.31. The third kappa shape index (κ3) is 22.3. The van der Waals surface area contributed by atoms with Crippen LogP contribution >= 0.6 is 0 Å². The van der Waals surface area contributed by atoms with Crippen molar-refractivity contribution in [3.63, 3.8) is 0 Å².